The highest BCUT2D eigenvalue weighted by molar-refractivity contribution is 5.28. The molecule has 2 nitrogen and oxygen atoms in total. The van der Waals surface area contributed by atoms with E-state index >= 15 is 0 Å². The van der Waals surface area contributed by atoms with Gasteiger partial charge in [0.25, 0.3) is 0 Å². The van der Waals surface area contributed by atoms with Crippen LogP contribution in [0.5, 0.6) is 0 Å². The molecule has 3 N–H and O–H groups in total. The van der Waals surface area contributed by atoms with Crippen LogP contribution in [0.1, 0.15) is 20.3 Å². The van der Waals surface area contributed by atoms with Crippen LogP contribution >= 0.6 is 0 Å². The Morgan fingerprint density at radius 3 is 2.64 bits per heavy atom. The summed E-state index contributed by atoms with van der Waals surface area (Å²) in [5.41, 5.74) is 6.10. The quantitative estimate of drug-likeness (QED) is 0.621. The van der Waals surface area contributed by atoms with Crippen LogP contribution in [0.4, 0.5) is 0 Å². The first-order valence-electron chi connectivity index (χ1n) is 3.85. The molecule has 11 heavy (non-hydrogen) atoms. The number of allylic oxidation sites excluding steroid dienone is 3. The van der Waals surface area contributed by atoms with E-state index < -0.39 is 5.60 Å². The molecule has 0 unspecified atom stereocenters. The van der Waals surface area contributed by atoms with E-state index in [2.05, 4.69) is 0 Å². The van der Waals surface area contributed by atoms with Crippen LogP contribution in [-0.4, -0.2) is 16.7 Å². The summed E-state index contributed by atoms with van der Waals surface area (Å²) in [7, 11) is 0. The second kappa shape index (κ2) is 2.80. The smallest absolute Gasteiger partial charge is 0.0780 e. The molecule has 0 bridgehead atoms. The second-order valence-electron chi connectivity index (χ2n) is 3.51. The summed E-state index contributed by atoms with van der Waals surface area (Å²) >= 11 is 0. The normalized spacial score (nSPS) is 20.2. The fourth-order valence-electron chi connectivity index (χ4n) is 1.15. The maximum atomic E-state index is 9.55. The highest BCUT2D eigenvalue weighted by Gasteiger charge is 2.26. The average Bonchev–Trinajstić information content (AvgIpc) is 2.34. The Bertz CT molecular complexity index is 198. The lowest BCUT2D eigenvalue weighted by Crippen LogP contribution is -2.44. The molecule has 1 aliphatic rings. The topological polar surface area (TPSA) is 46.2 Å². The molecule has 0 aromatic heterocycles. The van der Waals surface area contributed by atoms with E-state index in [1.807, 2.05) is 18.2 Å². The van der Waals surface area contributed by atoms with Crippen LogP contribution < -0.4 is 5.73 Å². The molecule has 1 atom stereocenters. The molecule has 0 radical (unpaired) electrons. The molecule has 1 rings (SSSR count). The van der Waals surface area contributed by atoms with Crippen molar-refractivity contribution in [2.75, 3.05) is 0 Å². The predicted molar refractivity (Wildman–Crippen MR) is 46.1 cm³/mol. The largest absolute Gasteiger partial charge is 0.389 e. The van der Waals surface area contributed by atoms with Gasteiger partial charge in [0.15, 0.2) is 0 Å². The summed E-state index contributed by atoms with van der Waals surface area (Å²) < 4.78 is 0. The Kier molecular flexibility index (Phi) is 2.16. The zero-order valence-electron chi connectivity index (χ0n) is 7.04. The van der Waals surface area contributed by atoms with Gasteiger partial charge < -0.3 is 10.8 Å². The zero-order chi connectivity index (χ0) is 8.48. The third-order valence-corrected chi connectivity index (χ3v) is 1.96. The summed E-state index contributed by atoms with van der Waals surface area (Å²) in [4.78, 5) is 0. The van der Waals surface area contributed by atoms with Gasteiger partial charge in [0.1, 0.15) is 0 Å². The third-order valence-electron chi connectivity index (χ3n) is 1.96. The minimum atomic E-state index is -0.808. The summed E-state index contributed by atoms with van der Waals surface area (Å²) in [6, 6.07) is -0.238. The first-order chi connectivity index (χ1) is 5.02. The van der Waals surface area contributed by atoms with Crippen molar-refractivity contribution in [2.24, 2.45) is 5.73 Å². The van der Waals surface area contributed by atoms with Gasteiger partial charge in [0.05, 0.1) is 11.6 Å². The molecule has 0 amide bonds. The summed E-state index contributed by atoms with van der Waals surface area (Å²) in [6.07, 6.45) is 6.87. The molecule has 0 saturated carbocycles. The number of hydrogen-bond acceptors (Lipinski definition) is 2. The standard InChI is InChI=1S/C9H15NO/c1-9(2,11)8(10)7-5-3-4-6-7/h3-5,8,11H,6,10H2,1-2H3/t8-/m1/s1. The van der Waals surface area contributed by atoms with E-state index in [0.29, 0.717) is 0 Å². The van der Waals surface area contributed by atoms with E-state index in [1.165, 1.54) is 0 Å². The molecule has 0 aromatic rings. The molecule has 62 valence electrons. The van der Waals surface area contributed by atoms with Gasteiger partial charge in [-0.3, -0.25) is 0 Å². The van der Waals surface area contributed by atoms with Gasteiger partial charge in [0.2, 0.25) is 0 Å². The van der Waals surface area contributed by atoms with Crippen LogP contribution in [0.25, 0.3) is 0 Å². The van der Waals surface area contributed by atoms with E-state index in [1.54, 1.807) is 13.8 Å². The van der Waals surface area contributed by atoms with Crippen LogP contribution in [0.15, 0.2) is 23.8 Å². The minimum absolute atomic E-state index is 0.238. The molecule has 0 spiro atoms. The van der Waals surface area contributed by atoms with E-state index in [-0.39, 0.29) is 6.04 Å². The molecule has 0 aliphatic heterocycles. The number of aliphatic hydroxyl groups is 1. The highest BCUT2D eigenvalue weighted by atomic mass is 16.3. The van der Waals surface area contributed by atoms with Crippen molar-refractivity contribution in [3.63, 3.8) is 0 Å². The molecule has 0 aromatic carbocycles. The van der Waals surface area contributed by atoms with Gasteiger partial charge in [-0.1, -0.05) is 18.2 Å². The van der Waals surface area contributed by atoms with Crippen LogP contribution in [0.2, 0.25) is 0 Å². The molecule has 1 aliphatic carbocycles. The van der Waals surface area contributed by atoms with Gasteiger partial charge in [-0.2, -0.15) is 0 Å². The van der Waals surface area contributed by atoms with Crippen molar-refractivity contribution in [1.29, 1.82) is 0 Å². The Balaban J connectivity index is 2.62. The van der Waals surface area contributed by atoms with Gasteiger partial charge in [-0.05, 0) is 25.8 Å². The van der Waals surface area contributed by atoms with Gasteiger partial charge in [0, 0.05) is 0 Å². The SMILES string of the molecule is CC(C)(O)[C@H](N)C1=CC=CC1. The number of rotatable bonds is 2. The third kappa shape index (κ3) is 1.91. The van der Waals surface area contributed by atoms with Crippen molar-refractivity contribution in [3.8, 4) is 0 Å². The van der Waals surface area contributed by atoms with Gasteiger partial charge in [-0.15, -0.1) is 0 Å². The van der Waals surface area contributed by atoms with Crippen LogP contribution in [-0.2, 0) is 0 Å². The van der Waals surface area contributed by atoms with Crippen molar-refractivity contribution >= 4 is 0 Å². The summed E-state index contributed by atoms with van der Waals surface area (Å²) in [6.45, 7) is 3.47. The molecule has 0 fully saturated rings. The number of nitrogens with two attached hydrogens (primary N) is 1. The summed E-state index contributed by atoms with van der Waals surface area (Å²) in [5.74, 6) is 0. The van der Waals surface area contributed by atoms with Crippen molar-refractivity contribution in [3.05, 3.63) is 23.8 Å². The maximum Gasteiger partial charge on any atom is 0.0780 e. The lowest BCUT2D eigenvalue weighted by atomic mass is 9.92. The monoisotopic (exact) mass is 153 g/mol. The lowest BCUT2D eigenvalue weighted by molar-refractivity contribution is 0.0632. The van der Waals surface area contributed by atoms with E-state index in [0.717, 1.165) is 12.0 Å². The first-order valence-corrected chi connectivity index (χ1v) is 3.85. The number of hydrogen-bond donors (Lipinski definition) is 2. The van der Waals surface area contributed by atoms with Gasteiger partial charge >= 0.3 is 0 Å². The molecular weight excluding hydrogens is 138 g/mol. The fourth-order valence-corrected chi connectivity index (χ4v) is 1.15. The highest BCUT2D eigenvalue weighted by Crippen LogP contribution is 2.20. The lowest BCUT2D eigenvalue weighted by Gasteiger charge is -2.26. The Hall–Kier alpha value is -0.600. The Morgan fingerprint density at radius 1 is 1.64 bits per heavy atom. The summed E-state index contributed by atoms with van der Waals surface area (Å²) in [5, 5.41) is 9.55. The molecular formula is C9H15NO. The second-order valence-corrected chi connectivity index (χ2v) is 3.51. The Labute approximate surface area is 67.4 Å². The first kappa shape index (κ1) is 8.50. The minimum Gasteiger partial charge on any atom is -0.389 e. The molecule has 0 saturated heterocycles. The predicted octanol–water partition coefficient (Wildman–Crippen LogP) is 0.971. The van der Waals surface area contributed by atoms with Crippen LogP contribution in [0, 0.1) is 0 Å². The molecule has 0 heterocycles. The van der Waals surface area contributed by atoms with Crippen molar-refractivity contribution < 1.29 is 5.11 Å². The van der Waals surface area contributed by atoms with Crippen molar-refractivity contribution in [1.82, 2.24) is 0 Å². The molecule has 2 heteroatoms. The van der Waals surface area contributed by atoms with E-state index in [4.69, 9.17) is 5.73 Å². The fraction of sp³-hybridized carbons (Fsp3) is 0.556. The van der Waals surface area contributed by atoms with Crippen molar-refractivity contribution in [2.45, 2.75) is 31.9 Å². The van der Waals surface area contributed by atoms with Crippen LogP contribution in [0.3, 0.4) is 0 Å². The zero-order valence-corrected chi connectivity index (χ0v) is 7.04. The van der Waals surface area contributed by atoms with E-state index in [9.17, 15) is 5.11 Å². The average molecular weight is 153 g/mol. The maximum absolute atomic E-state index is 9.55. The Morgan fingerprint density at radius 2 is 2.27 bits per heavy atom. The van der Waals surface area contributed by atoms with Gasteiger partial charge in [-0.25, -0.2) is 0 Å².